The number of sulfone groups is 1. The van der Waals surface area contributed by atoms with Gasteiger partial charge in [0, 0.05) is 6.54 Å². The van der Waals surface area contributed by atoms with E-state index in [1.165, 1.54) is 12.1 Å². The van der Waals surface area contributed by atoms with Crippen LogP contribution in [0.25, 0.3) is 0 Å². The van der Waals surface area contributed by atoms with E-state index in [-0.39, 0.29) is 23.6 Å². The van der Waals surface area contributed by atoms with Gasteiger partial charge >= 0.3 is 5.97 Å². The highest BCUT2D eigenvalue weighted by Gasteiger charge is 2.36. The van der Waals surface area contributed by atoms with E-state index < -0.39 is 64.5 Å². The van der Waals surface area contributed by atoms with Gasteiger partial charge in [-0.2, -0.15) is 0 Å². The number of rotatable bonds is 8. The second-order valence-corrected chi connectivity index (χ2v) is 12.3. The molecule has 1 fully saturated rings. The molecule has 3 rings (SSSR count). The van der Waals surface area contributed by atoms with Crippen molar-refractivity contribution in [1.29, 1.82) is 0 Å². The van der Waals surface area contributed by atoms with Crippen LogP contribution in [0, 0.1) is 23.4 Å². The fraction of sp³-hybridized carbons (Fsp3) is 0.435. The minimum absolute atomic E-state index is 0.0158. The predicted molar refractivity (Wildman–Crippen MR) is 126 cm³/mol. The van der Waals surface area contributed by atoms with Gasteiger partial charge in [-0.3, -0.25) is 0 Å². The number of benzene rings is 2. The fourth-order valence-electron chi connectivity index (χ4n) is 4.34. The first-order chi connectivity index (χ1) is 16.8. The molecule has 1 saturated carbocycles. The van der Waals surface area contributed by atoms with E-state index in [1.54, 1.807) is 0 Å². The molecule has 4 N–H and O–H groups in total. The highest BCUT2D eigenvalue weighted by molar-refractivity contribution is 7.91. The molecule has 1 aliphatic carbocycles. The Morgan fingerprint density at radius 3 is 1.94 bits per heavy atom. The molecule has 198 valence electrons. The number of sulfonamides is 1. The summed E-state index contributed by atoms with van der Waals surface area (Å²) in [6, 6.07) is 4.60. The van der Waals surface area contributed by atoms with Crippen LogP contribution in [0.1, 0.15) is 60.9 Å². The molecule has 0 radical (unpaired) electrons. The van der Waals surface area contributed by atoms with Crippen molar-refractivity contribution >= 4 is 31.5 Å². The number of nitrogens with one attached hydrogen (secondary N) is 1. The van der Waals surface area contributed by atoms with Gasteiger partial charge in [-0.05, 0) is 36.5 Å². The number of carboxylic acid groups (broad SMARTS) is 1. The highest BCUT2D eigenvalue weighted by Crippen LogP contribution is 2.37. The van der Waals surface area contributed by atoms with Gasteiger partial charge in [-0.15, -0.1) is 0 Å². The van der Waals surface area contributed by atoms with Crippen molar-refractivity contribution in [2.24, 2.45) is 11.1 Å². The normalized spacial score (nSPS) is 15.8. The van der Waals surface area contributed by atoms with Crippen molar-refractivity contribution in [1.82, 2.24) is 0 Å². The molecule has 0 aliphatic heterocycles. The molecule has 2 aromatic rings. The molecule has 0 unspecified atom stereocenters. The summed E-state index contributed by atoms with van der Waals surface area (Å²) in [6.45, 7) is 0.0158. The summed E-state index contributed by atoms with van der Waals surface area (Å²) in [7, 11) is -9.86. The fourth-order valence-corrected chi connectivity index (χ4v) is 6.65. The zero-order valence-electron chi connectivity index (χ0n) is 19.3. The molecule has 8 nitrogen and oxygen atoms in total. The average molecular weight is 549 g/mol. The molecule has 36 heavy (non-hydrogen) atoms. The Bertz CT molecular complexity index is 1340. The Morgan fingerprint density at radius 1 is 0.889 bits per heavy atom. The summed E-state index contributed by atoms with van der Waals surface area (Å²) in [5.41, 5.74) is -1.10. The van der Waals surface area contributed by atoms with Crippen LogP contribution in [0.4, 0.5) is 18.9 Å². The molecule has 0 aromatic heterocycles. The van der Waals surface area contributed by atoms with Gasteiger partial charge in [-0.25, -0.2) is 39.9 Å². The van der Waals surface area contributed by atoms with Gasteiger partial charge in [-0.1, -0.05) is 44.2 Å². The molecular formula is C23H27F3N2O6S2. The average Bonchev–Trinajstić information content (AvgIpc) is 2.75. The number of hydrogen-bond acceptors (Lipinski definition) is 6. The maximum atomic E-state index is 15.3. The van der Waals surface area contributed by atoms with Gasteiger partial charge in [0.25, 0.3) is 0 Å². The van der Waals surface area contributed by atoms with E-state index >= 15 is 8.78 Å². The molecule has 0 heterocycles. The Hall–Kier alpha value is -2.64. The summed E-state index contributed by atoms with van der Waals surface area (Å²) in [6.07, 6.45) is 6.39. The lowest BCUT2D eigenvalue weighted by molar-refractivity contribution is 0.0697. The first-order valence-electron chi connectivity index (χ1n) is 11.3. The topological polar surface area (TPSA) is 144 Å². The lowest BCUT2D eigenvalue weighted by Gasteiger charge is -2.23. The lowest BCUT2D eigenvalue weighted by atomic mass is 9.91. The van der Waals surface area contributed by atoms with Crippen molar-refractivity contribution in [2.75, 3.05) is 11.9 Å². The van der Waals surface area contributed by atoms with Gasteiger partial charge in [0.05, 0.1) is 17.0 Å². The standard InChI is InChI=1S/C23H27F3N2O6S2/c24-17-18(25)22(35(31,32)13-15-8-10-16(11-9-15)23(29)30)20(19(26)21(17)36(27,33)34)28-12-14-6-4-2-1-3-5-7-14/h8-11,14,28H,1-7,12-13H2,(H,29,30)(H2,27,33,34). The smallest absolute Gasteiger partial charge is 0.335 e. The number of primary sulfonamides is 1. The molecular weight excluding hydrogens is 521 g/mol. The van der Waals surface area contributed by atoms with Crippen LogP contribution in [0.5, 0.6) is 0 Å². The first-order valence-corrected chi connectivity index (χ1v) is 14.5. The van der Waals surface area contributed by atoms with Crippen LogP contribution in [-0.4, -0.2) is 34.5 Å². The molecule has 2 aromatic carbocycles. The third-order valence-electron chi connectivity index (χ3n) is 6.18. The number of nitrogens with two attached hydrogens (primary N) is 1. The Labute approximate surface area is 207 Å². The van der Waals surface area contributed by atoms with Crippen molar-refractivity contribution in [2.45, 2.75) is 60.5 Å². The number of hydrogen-bond donors (Lipinski definition) is 3. The Morgan fingerprint density at radius 2 is 1.42 bits per heavy atom. The molecule has 0 bridgehead atoms. The van der Waals surface area contributed by atoms with E-state index in [4.69, 9.17) is 10.2 Å². The van der Waals surface area contributed by atoms with Crippen LogP contribution < -0.4 is 10.5 Å². The second-order valence-electron chi connectivity index (χ2n) is 8.87. The molecule has 0 amide bonds. The number of anilines is 1. The van der Waals surface area contributed by atoms with E-state index in [1.807, 2.05) is 0 Å². The van der Waals surface area contributed by atoms with Crippen molar-refractivity contribution in [3.8, 4) is 0 Å². The number of halogens is 3. The summed E-state index contributed by atoms with van der Waals surface area (Å²) in [5, 5.41) is 16.4. The first kappa shape index (κ1) is 27.9. The Balaban J connectivity index is 2.07. The monoisotopic (exact) mass is 548 g/mol. The lowest BCUT2D eigenvalue weighted by Crippen LogP contribution is -2.24. The molecule has 0 saturated heterocycles. The number of carbonyl (C=O) groups is 1. The van der Waals surface area contributed by atoms with Crippen molar-refractivity contribution < 1.29 is 39.9 Å². The third-order valence-corrected chi connectivity index (χ3v) is 8.83. The maximum absolute atomic E-state index is 15.3. The van der Waals surface area contributed by atoms with Crippen molar-refractivity contribution in [3.05, 3.63) is 52.8 Å². The van der Waals surface area contributed by atoms with Gasteiger partial charge in [0.2, 0.25) is 10.0 Å². The van der Waals surface area contributed by atoms with Crippen LogP contribution in [0.3, 0.4) is 0 Å². The summed E-state index contributed by atoms with van der Waals surface area (Å²) in [4.78, 5) is 7.91. The number of carboxylic acids is 1. The van der Waals surface area contributed by atoms with E-state index in [2.05, 4.69) is 5.32 Å². The van der Waals surface area contributed by atoms with E-state index in [0.29, 0.717) is 0 Å². The number of aromatic carboxylic acids is 1. The quantitative estimate of drug-likeness (QED) is 0.420. The van der Waals surface area contributed by atoms with Crippen LogP contribution >= 0.6 is 0 Å². The third kappa shape index (κ3) is 6.37. The summed E-state index contributed by atoms with van der Waals surface area (Å²) < 4.78 is 95.1. The minimum atomic E-state index is -5.08. The minimum Gasteiger partial charge on any atom is -0.478 e. The molecule has 13 heteroatoms. The maximum Gasteiger partial charge on any atom is 0.335 e. The second kappa shape index (κ2) is 11.2. The van der Waals surface area contributed by atoms with Gasteiger partial charge < -0.3 is 10.4 Å². The molecule has 0 spiro atoms. The van der Waals surface area contributed by atoms with Gasteiger partial charge in [0.1, 0.15) is 4.90 Å². The molecule has 1 aliphatic rings. The molecule has 0 atom stereocenters. The predicted octanol–water partition coefficient (Wildman–Crippen LogP) is 4.20. The van der Waals surface area contributed by atoms with Gasteiger partial charge in [0.15, 0.2) is 32.2 Å². The van der Waals surface area contributed by atoms with Crippen LogP contribution in [0.15, 0.2) is 34.1 Å². The zero-order chi connectivity index (χ0) is 26.7. The SMILES string of the molecule is NS(=O)(=O)c1c(F)c(F)c(S(=O)(=O)Cc2ccc(C(=O)O)cc2)c(NCC2CCCCCCC2)c1F. The van der Waals surface area contributed by atoms with E-state index in [0.717, 1.165) is 57.1 Å². The zero-order valence-corrected chi connectivity index (χ0v) is 20.9. The van der Waals surface area contributed by atoms with E-state index in [9.17, 15) is 26.0 Å². The summed E-state index contributed by atoms with van der Waals surface area (Å²) >= 11 is 0. The van der Waals surface area contributed by atoms with Crippen molar-refractivity contribution in [3.63, 3.8) is 0 Å². The largest absolute Gasteiger partial charge is 0.478 e. The van der Waals surface area contributed by atoms with Crippen LogP contribution in [-0.2, 0) is 25.6 Å². The highest BCUT2D eigenvalue weighted by atomic mass is 32.2. The summed E-state index contributed by atoms with van der Waals surface area (Å²) in [5.74, 6) is -8.31. The van der Waals surface area contributed by atoms with Crippen LogP contribution in [0.2, 0.25) is 0 Å². The Kier molecular flexibility index (Phi) is 8.67.